The monoisotopic (exact) mass is 438 g/mol. The molecule has 4 aromatic carbocycles. The van der Waals surface area contributed by atoms with Crippen molar-refractivity contribution in [3.05, 3.63) is 90.0 Å². The Labute approximate surface area is 197 Å². The molecule has 0 N–H and O–H groups in total. The van der Waals surface area contributed by atoms with Crippen molar-refractivity contribution in [3.63, 3.8) is 0 Å². The summed E-state index contributed by atoms with van der Waals surface area (Å²) >= 11 is 0. The molecule has 0 amide bonds. The lowest BCUT2D eigenvalue weighted by atomic mass is 9.94. The second-order valence-corrected chi connectivity index (χ2v) is 9.54. The number of rotatable bonds is 7. The maximum absolute atomic E-state index is 6.38. The SMILES string of the molecule is CCC(C)c1ccc2cc(OC3CCC(OCc4cccc5ccccc45)CC3)ccc2c1. The van der Waals surface area contributed by atoms with Crippen molar-refractivity contribution >= 4 is 21.5 Å². The average Bonchev–Trinajstić information content (AvgIpc) is 2.87. The molecule has 5 rings (SSSR count). The number of hydrogen-bond acceptors (Lipinski definition) is 2. The van der Waals surface area contributed by atoms with Crippen molar-refractivity contribution < 1.29 is 9.47 Å². The van der Waals surface area contributed by atoms with Gasteiger partial charge in [-0.1, -0.05) is 80.6 Å². The summed E-state index contributed by atoms with van der Waals surface area (Å²) in [7, 11) is 0. The highest BCUT2D eigenvalue weighted by Crippen LogP contribution is 2.30. The second kappa shape index (κ2) is 9.97. The van der Waals surface area contributed by atoms with Crippen molar-refractivity contribution in [2.24, 2.45) is 0 Å². The maximum atomic E-state index is 6.38. The highest BCUT2D eigenvalue weighted by Gasteiger charge is 2.23. The molecule has 0 aromatic heterocycles. The molecule has 0 saturated heterocycles. The van der Waals surface area contributed by atoms with Crippen molar-refractivity contribution in [1.29, 1.82) is 0 Å². The zero-order valence-corrected chi connectivity index (χ0v) is 19.8. The van der Waals surface area contributed by atoms with E-state index in [2.05, 4.69) is 92.7 Å². The van der Waals surface area contributed by atoms with E-state index in [1.54, 1.807) is 0 Å². The van der Waals surface area contributed by atoms with Crippen LogP contribution in [0, 0.1) is 0 Å². The molecule has 1 atom stereocenters. The van der Waals surface area contributed by atoms with Crippen LogP contribution in [0.25, 0.3) is 21.5 Å². The summed E-state index contributed by atoms with van der Waals surface area (Å²) in [6.07, 6.45) is 5.97. The van der Waals surface area contributed by atoms with Gasteiger partial charge in [0.2, 0.25) is 0 Å². The number of ether oxygens (including phenoxy) is 2. The third-order valence-corrected chi connectivity index (χ3v) is 7.30. The van der Waals surface area contributed by atoms with E-state index in [-0.39, 0.29) is 6.10 Å². The molecule has 33 heavy (non-hydrogen) atoms. The van der Waals surface area contributed by atoms with Crippen LogP contribution in [0.2, 0.25) is 0 Å². The van der Waals surface area contributed by atoms with E-state index in [1.807, 2.05) is 0 Å². The fourth-order valence-corrected chi connectivity index (χ4v) is 4.99. The van der Waals surface area contributed by atoms with Crippen molar-refractivity contribution in [3.8, 4) is 5.75 Å². The van der Waals surface area contributed by atoms with E-state index < -0.39 is 0 Å². The lowest BCUT2D eigenvalue weighted by Gasteiger charge is -2.29. The fourth-order valence-electron chi connectivity index (χ4n) is 4.99. The molecule has 0 heterocycles. The normalized spacial score (nSPS) is 19.6. The Hall–Kier alpha value is -2.84. The average molecular weight is 439 g/mol. The Morgan fingerprint density at radius 3 is 2.33 bits per heavy atom. The lowest BCUT2D eigenvalue weighted by Crippen LogP contribution is -2.28. The first-order valence-electron chi connectivity index (χ1n) is 12.5. The van der Waals surface area contributed by atoms with Gasteiger partial charge in [0, 0.05) is 0 Å². The molecule has 170 valence electrons. The maximum Gasteiger partial charge on any atom is 0.120 e. The lowest BCUT2D eigenvalue weighted by molar-refractivity contribution is -0.00618. The number of hydrogen-bond donors (Lipinski definition) is 0. The van der Waals surface area contributed by atoms with Crippen LogP contribution in [0.15, 0.2) is 78.9 Å². The molecular formula is C31H34O2. The molecule has 2 nitrogen and oxygen atoms in total. The van der Waals surface area contributed by atoms with E-state index in [0.717, 1.165) is 31.4 Å². The third-order valence-electron chi connectivity index (χ3n) is 7.30. The minimum Gasteiger partial charge on any atom is -0.490 e. The van der Waals surface area contributed by atoms with Gasteiger partial charge in [-0.2, -0.15) is 0 Å². The van der Waals surface area contributed by atoms with Gasteiger partial charge in [0.25, 0.3) is 0 Å². The molecule has 1 unspecified atom stereocenters. The standard InChI is InChI=1S/C31H34O2/c1-3-22(2)24-11-12-26-20-30(14-13-25(26)19-24)33-29-17-15-28(16-18-29)32-21-27-9-6-8-23-7-4-5-10-31(23)27/h4-14,19-20,22,28-29H,3,15-18,21H2,1-2H3. The van der Waals surface area contributed by atoms with Crippen LogP contribution in [0.4, 0.5) is 0 Å². The van der Waals surface area contributed by atoms with Gasteiger partial charge < -0.3 is 9.47 Å². The molecule has 1 aliphatic carbocycles. The van der Waals surface area contributed by atoms with E-state index in [0.29, 0.717) is 18.6 Å². The topological polar surface area (TPSA) is 18.5 Å². The van der Waals surface area contributed by atoms with Crippen molar-refractivity contribution in [2.45, 2.75) is 70.7 Å². The number of fused-ring (bicyclic) bond motifs is 2. The van der Waals surface area contributed by atoms with Crippen LogP contribution >= 0.6 is 0 Å². The summed E-state index contributed by atoms with van der Waals surface area (Å²) < 4.78 is 12.7. The number of benzene rings is 4. The van der Waals surface area contributed by atoms with Crippen molar-refractivity contribution in [2.75, 3.05) is 0 Å². The Balaban J connectivity index is 1.15. The van der Waals surface area contributed by atoms with Crippen LogP contribution < -0.4 is 4.74 Å². The zero-order chi connectivity index (χ0) is 22.6. The summed E-state index contributed by atoms with van der Waals surface area (Å²) in [4.78, 5) is 0. The van der Waals surface area contributed by atoms with Gasteiger partial charge in [-0.05, 0) is 82.8 Å². The molecule has 0 spiro atoms. The minimum absolute atomic E-state index is 0.277. The Morgan fingerprint density at radius 1 is 0.758 bits per heavy atom. The van der Waals surface area contributed by atoms with Gasteiger partial charge in [-0.15, -0.1) is 0 Å². The largest absolute Gasteiger partial charge is 0.490 e. The zero-order valence-electron chi connectivity index (χ0n) is 19.8. The first-order chi connectivity index (χ1) is 16.2. The van der Waals surface area contributed by atoms with Crippen LogP contribution in [-0.4, -0.2) is 12.2 Å². The molecule has 1 fully saturated rings. The molecule has 0 aliphatic heterocycles. The fraction of sp³-hybridized carbons (Fsp3) is 0.355. The van der Waals surface area contributed by atoms with E-state index in [1.165, 1.54) is 39.1 Å². The van der Waals surface area contributed by atoms with Gasteiger partial charge in [0.1, 0.15) is 5.75 Å². The smallest absolute Gasteiger partial charge is 0.120 e. The summed E-state index contributed by atoms with van der Waals surface area (Å²) in [5, 5.41) is 5.13. The summed E-state index contributed by atoms with van der Waals surface area (Å²) in [6.45, 7) is 5.22. The Kier molecular flexibility index (Phi) is 6.64. The highest BCUT2D eigenvalue weighted by atomic mass is 16.5. The Bertz CT molecular complexity index is 1210. The van der Waals surface area contributed by atoms with Crippen molar-refractivity contribution in [1.82, 2.24) is 0 Å². The highest BCUT2D eigenvalue weighted by molar-refractivity contribution is 5.86. The van der Waals surface area contributed by atoms with E-state index >= 15 is 0 Å². The molecule has 4 aromatic rings. The van der Waals surface area contributed by atoms with Crippen LogP contribution in [0.1, 0.15) is 63.0 Å². The molecule has 2 heteroatoms. The Morgan fingerprint density at radius 2 is 1.48 bits per heavy atom. The second-order valence-electron chi connectivity index (χ2n) is 9.54. The third kappa shape index (κ3) is 5.07. The summed E-state index contributed by atoms with van der Waals surface area (Å²) in [5.41, 5.74) is 2.69. The van der Waals surface area contributed by atoms with E-state index in [4.69, 9.17) is 9.47 Å². The van der Waals surface area contributed by atoms with Gasteiger partial charge >= 0.3 is 0 Å². The van der Waals surface area contributed by atoms with Crippen LogP contribution in [0.3, 0.4) is 0 Å². The molecule has 1 saturated carbocycles. The van der Waals surface area contributed by atoms with Gasteiger partial charge in [0.05, 0.1) is 18.8 Å². The predicted molar refractivity (Wildman–Crippen MR) is 138 cm³/mol. The predicted octanol–water partition coefficient (Wildman–Crippen LogP) is 8.41. The first kappa shape index (κ1) is 22.0. The quantitative estimate of drug-likeness (QED) is 0.288. The van der Waals surface area contributed by atoms with Gasteiger partial charge in [-0.25, -0.2) is 0 Å². The first-order valence-corrected chi connectivity index (χ1v) is 12.5. The molecule has 0 bridgehead atoms. The molecule has 0 radical (unpaired) electrons. The van der Waals surface area contributed by atoms with Gasteiger partial charge in [0.15, 0.2) is 0 Å². The minimum atomic E-state index is 0.277. The summed E-state index contributed by atoms with van der Waals surface area (Å²) in [6, 6.07) is 28.4. The van der Waals surface area contributed by atoms with Crippen LogP contribution in [0.5, 0.6) is 5.75 Å². The molecule has 1 aliphatic rings. The summed E-state index contributed by atoms with van der Waals surface area (Å²) in [5.74, 6) is 1.59. The van der Waals surface area contributed by atoms with Gasteiger partial charge in [-0.3, -0.25) is 0 Å². The van der Waals surface area contributed by atoms with Crippen LogP contribution in [-0.2, 0) is 11.3 Å². The molecular weight excluding hydrogens is 404 g/mol. The van der Waals surface area contributed by atoms with E-state index in [9.17, 15) is 0 Å².